The van der Waals surface area contributed by atoms with Crippen LogP contribution < -0.4 is 9.47 Å². The monoisotopic (exact) mass is 354 g/mol. The van der Waals surface area contributed by atoms with Crippen LogP contribution >= 0.6 is 15.9 Å². The smallest absolute Gasteiger partial charge is 0.344 e. The first kappa shape index (κ1) is 15.3. The fourth-order valence-corrected chi connectivity index (χ4v) is 1.86. The Labute approximate surface area is 129 Å². The van der Waals surface area contributed by atoms with Crippen LogP contribution in [0.4, 0.5) is 4.39 Å². The number of hydrogen-bond acceptors (Lipinski definition) is 3. The maximum absolute atomic E-state index is 13.6. The average molecular weight is 355 g/mol. The fourth-order valence-electron chi connectivity index (χ4n) is 1.53. The summed E-state index contributed by atoms with van der Waals surface area (Å²) in [7, 11) is 0. The molecule has 0 aromatic heterocycles. The maximum atomic E-state index is 13.6. The summed E-state index contributed by atoms with van der Waals surface area (Å²) < 4.78 is 24.8. The van der Waals surface area contributed by atoms with Gasteiger partial charge in [0, 0.05) is 4.47 Å². The predicted molar refractivity (Wildman–Crippen MR) is 78.3 cm³/mol. The molecule has 0 radical (unpaired) electrons. The molecule has 1 N–H and O–H groups in total. The molecule has 0 bridgehead atoms. The van der Waals surface area contributed by atoms with Gasteiger partial charge < -0.3 is 14.6 Å². The van der Waals surface area contributed by atoms with Gasteiger partial charge in [0.25, 0.3) is 0 Å². The molecule has 0 unspecified atom stereocenters. The third-order valence-electron chi connectivity index (χ3n) is 2.61. The normalized spacial score (nSPS) is 11.8. The van der Waals surface area contributed by atoms with Gasteiger partial charge in [0.1, 0.15) is 11.5 Å². The first-order valence-corrected chi connectivity index (χ1v) is 6.87. The van der Waals surface area contributed by atoms with Crippen molar-refractivity contribution in [3.63, 3.8) is 0 Å². The van der Waals surface area contributed by atoms with E-state index in [1.807, 2.05) is 0 Å². The number of carboxylic acids is 1. The Kier molecular flexibility index (Phi) is 4.80. The highest BCUT2D eigenvalue weighted by molar-refractivity contribution is 9.10. The molecule has 0 fully saturated rings. The van der Waals surface area contributed by atoms with Crippen molar-refractivity contribution < 1.29 is 23.8 Å². The highest BCUT2D eigenvalue weighted by Crippen LogP contribution is 2.28. The molecular formula is C15H12BrFO4. The van der Waals surface area contributed by atoms with E-state index >= 15 is 0 Å². The first-order valence-electron chi connectivity index (χ1n) is 6.08. The average Bonchev–Trinajstić information content (AvgIpc) is 2.43. The summed E-state index contributed by atoms with van der Waals surface area (Å²) in [5.41, 5.74) is 0. The number of carbonyl (C=O) groups is 1. The molecule has 4 nitrogen and oxygen atoms in total. The second-order valence-electron chi connectivity index (χ2n) is 4.25. The van der Waals surface area contributed by atoms with Gasteiger partial charge in [-0.1, -0.05) is 15.9 Å². The highest BCUT2D eigenvalue weighted by Gasteiger charge is 2.12. The van der Waals surface area contributed by atoms with Crippen LogP contribution in [0.2, 0.25) is 0 Å². The van der Waals surface area contributed by atoms with E-state index in [1.54, 1.807) is 30.3 Å². The zero-order valence-corrected chi connectivity index (χ0v) is 12.6. The lowest BCUT2D eigenvalue weighted by atomic mass is 10.3. The van der Waals surface area contributed by atoms with Crippen molar-refractivity contribution in [1.82, 2.24) is 0 Å². The molecule has 0 heterocycles. The minimum absolute atomic E-state index is 0.103. The highest BCUT2D eigenvalue weighted by atomic mass is 79.9. The quantitative estimate of drug-likeness (QED) is 0.872. The summed E-state index contributed by atoms with van der Waals surface area (Å²) >= 11 is 3.17. The van der Waals surface area contributed by atoms with Crippen LogP contribution in [0.25, 0.3) is 0 Å². The maximum Gasteiger partial charge on any atom is 0.344 e. The second-order valence-corrected chi connectivity index (χ2v) is 5.16. The van der Waals surface area contributed by atoms with Gasteiger partial charge >= 0.3 is 5.97 Å². The SMILES string of the molecule is C[C@@H](Oc1ccc(Oc2ccc(Br)cc2F)cc1)C(=O)O. The molecule has 0 aliphatic rings. The molecule has 0 amide bonds. The Morgan fingerprint density at radius 2 is 1.81 bits per heavy atom. The molecule has 6 heteroatoms. The Balaban J connectivity index is 2.07. The molecule has 0 spiro atoms. The summed E-state index contributed by atoms with van der Waals surface area (Å²) in [5.74, 6) is -0.609. The van der Waals surface area contributed by atoms with Gasteiger partial charge in [-0.2, -0.15) is 0 Å². The summed E-state index contributed by atoms with van der Waals surface area (Å²) in [6, 6.07) is 10.8. The number of hydrogen-bond donors (Lipinski definition) is 1. The number of ether oxygens (including phenoxy) is 2. The van der Waals surface area contributed by atoms with Crippen LogP contribution in [-0.2, 0) is 4.79 Å². The van der Waals surface area contributed by atoms with Gasteiger partial charge in [-0.15, -0.1) is 0 Å². The Morgan fingerprint density at radius 1 is 1.19 bits per heavy atom. The lowest BCUT2D eigenvalue weighted by Crippen LogP contribution is -2.22. The van der Waals surface area contributed by atoms with E-state index in [1.165, 1.54) is 19.1 Å². The van der Waals surface area contributed by atoms with Crippen molar-refractivity contribution in [2.75, 3.05) is 0 Å². The molecule has 0 saturated carbocycles. The molecule has 0 aliphatic carbocycles. The fraction of sp³-hybridized carbons (Fsp3) is 0.133. The van der Waals surface area contributed by atoms with E-state index in [2.05, 4.69) is 15.9 Å². The van der Waals surface area contributed by atoms with E-state index in [9.17, 15) is 9.18 Å². The summed E-state index contributed by atoms with van der Waals surface area (Å²) in [6.07, 6.45) is -0.944. The largest absolute Gasteiger partial charge is 0.479 e. The topological polar surface area (TPSA) is 55.8 Å². The van der Waals surface area contributed by atoms with Gasteiger partial charge in [-0.3, -0.25) is 0 Å². The zero-order chi connectivity index (χ0) is 15.4. The van der Waals surface area contributed by atoms with Crippen LogP contribution in [0.1, 0.15) is 6.92 Å². The molecule has 1 atom stereocenters. The van der Waals surface area contributed by atoms with Crippen LogP contribution in [0.5, 0.6) is 17.2 Å². The molecule has 21 heavy (non-hydrogen) atoms. The minimum Gasteiger partial charge on any atom is -0.479 e. The Hall–Kier alpha value is -2.08. The Bertz CT molecular complexity index is 643. The molecule has 0 aliphatic heterocycles. The number of rotatable bonds is 5. The third kappa shape index (κ3) is 4.19. The molecule has 110 valence electrons. The van der Waals surface area contributed by atoms with E-state index in [0.29, 0.717) is 16.0 Å². The molecule has 2 rings (SSSR count). The predicted octanol–water partition coefficient (Wildman–Crippen LogP) is 4.23. The summed E-state index contributed by atoms with van der Waals surface area (Å²) in [4.78, 5) is 10.7. The summed E-state index contributed by atoms with van der Waals surface area (Å²) in [5, 5.41) is 8.75. The number of halogens is 2. The van der Waals surface area contributed by atoms with Crippen LogP contribution in [0.3, 0.4) is 0 Å². The Morgan fingerprint density at radius 3 is 2.38 bits per heavy atom. The number of aliphatic carboxylic acids is 1. The van der Waals surface area contributed by atoms with E-state index in [4.69, 9.17) is 14.6 Å². The van der Waals surface area contributed by atoms with E-state index in [0.717, 1.165) is 0 Å². The van der Waals surface area contributed by atoms with E-state index < -0.39 is 17.9 Å². The van der Waals surface area contributed by atoms with Gasteiger partial charge in [-0.25, -0.2) is 9.18 Å². The minimum atomic E-state index is -1.05. The van der Waals surface area contributed by atoms with Crippen molar-refractivity contribution in [1.29, 1.82) is 0 Å². The van der Waals surface area contributed by atoms with Crippen LogP contribution in [0.15, 0.2) is 46.9 Å². The van der Waals surface area contributed by atoms with Crippen LogP contribution in [-0.4, -0.2) is 17.2 Å². The standard InChI is InChI=1S/C15H12BrFO4/c1-9(15(18)19)20-11-3-5-12(6-4-11)21-14-7-2-10(16)8-13(14)17/h2-9H,1H3,(H,18,19)/t9-/m1/s1. The number of carboxylic acid groups (broad SMARTS) is 1. The van der Waals surface area contributed by atoms with Crippen molar-refractivity contribution >= 4 is 21.9 Å². The lowest BCUT2D eigenvalue weighted by molar-refractivity contribution is -0.144. The van der Waals surface area contributed by atoms with Crippen molar-refractivity contribution in [2.24, 2.45) is 0 Å². The van der Waals surface area contributed by atoms with Gasteiger partial charge in [0.2, 0.25) is 0 Å². The van der Waals surface area contributed by atoms with Gasteiger partial charge in [0.05, 0.1) is 0 Å². The van der Waals surface area contributed by atoms with Crippen molar-refractivity contribution in [3.05, 3.63) is 52.8 Å². The van der Waals surface area contributed by atoms with Crippen LogP contribution in [0, 0.1) is 5.82 Å². The molecular weight excluding hydrogens is 343 g/mol. The first-order chi connectivity index (χ1) is 9.95. The van der Waals surface area contributed by atoms with Gasteiger partial charge in [-0.05, 0) is 49.4 Å². The van der Waals surface area contributed by atoms with Crippen molar-refractivity contribution in [3.8, 4) is 17.2 Å². The lowest BCUT2D eigenvalue weighted by Gasteiger charge is -2.11. The van der Waals surface area contributed by atoms with E-state index in [-0.39, 0.29) is 5.75 Å². The zero-order valence-electron chi connectivity index (χ0n) is 11.0. The molecule has 2 aromatic carbocycles. The van der Waals surface area contributed by atoms with Crippen molar-refractivity contribution in [2.45, 2.75) is 13.0 Å². The third-order valence-corrected chi connectivity index (χ3v) is 3.10. The summed E-state index contributed by atoms with van der Waals surface area (Å²) in [6.45, 7) is 1.43. The molecule has 0 saturated heterocycles. The number of benzene rings is 2. The second kappa shape index (κ2) is 6.58. The van der Waals surface area contributed by atoms with Gasteiger partial charge in [0.15, 0.2) is 17.7 Å². The molecule has 2 aromatic rings.